The highest BCUT2D eigenvalue weighted by molar-refractivity contribution is 7.90. The minimum Gasteiger partial charge on any atom is -0.487 e. The van der Waals surface area contributed by atoms with Crippen LogP contribution in [-0.4, -0.2) is 32.7 Å². The zero-order valence-electron chi connectivity index (χ0n) is 24.4. The minimum absolute atomic E-state index is 0.0342. The summed E-state index contributed by atoms with van der Waals surface area (Å²) >= 11 is 6.31. The molecule has 5 rings (SSSR count). The summed E-state index contributed by atoms with van der Waals surface area (Å²) < 4.78 is 35.3. The standard InChI is InChI=1S/C33H40ClN3O4S/c1-22-17-24(14-15-35)6-7-25-8-9-28(25)20-37-16-4-3-5-26-18-30(34)12-10-29(26)21-41-32-13-11-27(19-31(32)37)33(38)36-42(39,40)23(22)2/h6-7,10-13,18-19,22-25,28H,3-5,8-9,14,16-17,20-21H2,1-2H3,(H,36,38)/b7-6+/t22-,23+,24-,25+,28-/m0/s1. The number of aryl methyl sites for hydroxylation is 1. The summed E-state index contributed by atoms with van der Waals surface area (Å²) in [6, 6.07) is 13.4. The third-order valence-electron chi connectivity index (χ3n) is 9.35. The second kappa shape index (κ2) is 13.1. The van der Waals surface area contributed by atoms with Gasteiger partial charge in [0.1, 0.15) is 12.4 Å². The number of anilines is 1. The number of hydrogen-bond donors (Lipinski definition) is 1. The number of fused-ring (bicyclic) bond motifs is 3. The highest BCUT2D eigenvalue weighted by Crippen LogP contribution is 2.40. The lowest BCUT2D eigenvalue weighted by Crippen LogP contribution is -2.41. The van der Waals surface area contributed by atoms with Gasteiger partial charge in [-0.1, -0.05) is 36.7 Å². The Balaban J connectivity index is 1.53. The van der Waals surface area contributed by atoms with Crippen LogP contribution in [0.25, 0.3) is 0 Å². The number of ether oxygens (including phenoxy) is 1. The molecule has 224 valence electrons. The van der Waals surface area contributed by atoms with Gasteiger partial charge in [0.2, 0.25) is 10.0 Å². The Bertz CT molecular complexity index is 1480. The average Bonchev–Trinajstić information content (AvgIpc) is 2.97. The van der Waals surface area contributed by atoms with E-state index in [0.29, 0.717) is 42.1 Å². The Morgan fingerprint density at radius 2 is 1.93 bits per heavy atom. The second-order valence-electron chi connectivity index (χ2n) is 12.2. The molecule has 1 fully saturated rings. The highest BCUT2D eigenvalue weighted by Gasteiger charge is 2.34. The van der Waals surface area contributed by atoms with Crippen LogP contribution in [0.15, 0.2) is 48.6 Å². The molecule has 0 spiro atoms. The van der Waals surface area contributed by atoms with Gasteiger partial charge in [0.15, 0.2) is 0 Å². The van der Waals surface area contributed by atoms with Gasteiger partial charge in [0.25, 0.3) is 5.91 Å². The quantitative estimate of drug-likeness (QED) is 0.363. The predicted octanol–water partition coefficient (Wildman–Crippen LogP) is 6.66. The van der Waals surface area contributed by atoms with Crippen LogP contribution in [0, 0.1) is 35.0 Å². The van der Waals surface area contributed by atoms with E-state index in [1.807, 2.05) is 25.1 Å². The van der Waals surface area contributed by atoms with Gasteiger partial charge in [-0.3, -0.25) is 4.79 Å². The highest BCUT2D eigenvalue weighted by atomic mass is 35.5. The molecule has 5 atom stereocenters. The molecule has 0 unspecified atom stereocenters. The summed E-state index contributed by atoms with van der Waals surface area (Å²) in [6.45, 7) is 5.48. The lowest BCUT2D eigenvalue weighted by atomic mass is 9.72. The second-order valence-corrected chi connectivity index (χ2v) is 14.7. The van der Waals surface area contributed by atoms with E-state index in [4.69, 9.17) is 16.3 Å². The van der Waals surface area contributed by atoms with Crippen molar-refractivity contribution in [1.82, 2.24) is 4.72 Å². The van der Waals surface area contributed by atoms with E-state index >= 15 is 0 Å². The van der Waals surface area contributed by atoms with Crippen LogP contribution in [0.3, 0.4) is 0 Å². The molecule has 1 saturated carbocycles. The SMILES string of the molecule is C[C@@H]1[C@@H](C)C[C@H](CC#N)/C=C/[C@@H]2CC[C@H]2CN2CCCCc3cc(Cl)ccc3COc3ccc(cc32)C(=O)NS1(=O)=O. The third-order valence-corrected chi connectivity index (χ3v) is 11.5. The smallest absolute Gasteiger partial charge is 0.264 e. The molecule has 2 aromatic rings. The van der Waals surface area contributed by atoms with E-state index in [2.05, 4.69) is 27.8 Å². The number of nitrogens with zero attached hydrogens (tertiary/aromatic N) is 2. The van der Waals surface area contributed by atoms with Gasteiger partial charge in [0, 0.05) is 30.1 Å². The molecular formula is C33H40ClN3O4S. The van der Waals surface area contributed by atoms with Gasteiger partial charge in [-0.2, -0.15) is 5.26 Å². The van der Waals surface area contributed by atoms with E-state index in [1.54, 1.807) is 25.1 Å². The average molecular weight is 610 g/mol. The summed E-state index contributed by atoms with van der Waals surface area (Å²) in [5, 5.41) is 9.37. The predicted molar refractivity (Wildman–Crippen MR) is 166 cm³/mol. The summed E-state index contributed by atoms with van der Waals surface area (Å²) in [7, 11) is -3.94. The van der Waals surface area contributed by atoms with Gasteiger partial charge < -0.3 is 9.64 Å². The number of allylic oxidation sites excluding steroid dienone is 2. The molecule has 9 heteroatoms. The van der Waals surface area contributed by atoms with E-state index in [-0.39, 0.29) is 17.4 Å². The monoisotopic (exact) mass is 609 g/mol. The number of nitrogens with one attached hydrogen (secondary N) is 1. The van der Waals surface area contributed by atoms with Crippen LogP contribution in [0.4, 0.5) is 5.69 Å². The van der Waals surface area contributed by atoms with Gasteiger partial charge >= 0.3 is 0 Å². The van der Waals surface area contributed by atoms with Crippen molar-refractivity contribution in [3.63, 3.8) is 0 Å². The van der Waals surface area contributed by atoms with Crippen molar-refractivity contribution in [2.45, 2.75) is 70.7 Å². The lowest BCUT2D eigenvalue weighted by Gasteiger charge is -2.40. The van der Waals surface area contributed by atoms with Gasteiger partial charge in [-0.15, -0.1) is 0 Å². The molecule has 2 aliphatic heterocycles. The van der Waals surface area contributed by atoms with Crippen LogP contribution < -0.4 is 14.4 Å². The first-order valence-corrected chi connectivity index (χ1v) is 17.0. The summed E-state index contributed by atoms with van der Waals surface area (Å²) in [6.07, 6.45) is 10.3. The number of sulfonamides is 1. The molecule has 1 N–H and O–H groups in total. The number of hydrogen-bond acceptors (Lipinski definition) is 6. The maximum absolute atomic E-state index is 13.4. The molecular weight excluding hydrogens is 570 g/mol. The van der Waals surface area contributed by atoms with Crippen LogP contribution >= 0.6 is 11.6 Å². The summed E-state index contributed by atoms with van der Waals surface area (Å²) in [5.74, 6) is 0.593. The topological polar surface area (TPSA) is 99.5 Å². The Kier molecular flexibility index (Phi) is 9.49. The fraction of sp³-hybridized carbons (Fsp3) is 0.515. The molecule has 1 aliphatic carbocycles. The summed E-state index contributed by atoms with van der Waals surface area (Å²) in [4.78, 5) is 15.7. The van der Waals surface area contributed by atoms with Crippen molar-refractivity contribution in [3.05, 3.63) is 70.3 Å². The van der Waals surface area contributed by atoms with Crippen LogP contribution in [0.1, 0.15) is 73.9 Å². The maximum atomic E-state index is 13.4. The molecule has 0 aromatic heterocycles. The van der Waals surface area contributed by atoms with Gasteiger partial charge in [-0.25, -0.2) is 13.1 Å². The number of halogens is 1. The zero-order valence-corrected chi connectivity index (χ0v) is 26.0. The molecule has 2 aromatic carbocycles. The molecule has 0 saturated heterocycles. The van der Waals surface area contributed by atoms with Crippen molar-refractivity contribution in [3.8, 4) is 11.8 Å². The molecule has 0 radical (unpaired) electrons. The number of carbonyl (C=O) groups is 1. The molecule has 2 heterocycles. The van der Waals surface area contributed by atoms with E-state index in [1.165, 1.54) is 5.56 Å². The Hall–Kier alpha value is -3.02. The normalized spacial score (nSPS) is 28.8. The molecule has 7 nitrogen and oxygen atoms in total. The van der Waals surface area contributed by atoms with E-state index in [0.717, 1.165) is 56.4 Å². The number of nitriles is 1. The zero-order chi connectivity index (χ0) is 29.9. The fourth-order valence-corrected chi connectivity index (χ4v) is 7.82. The molecule has 42 heavy (non-hydrogen) atoms. The van der Waals surface area contributed by atoms with Crippen LogP contribution in [-0.2, 0) is 23.1 Å². The maximum Gasteiger partial charge on any atom is 0.264 e. The first-order valence-electron chi connectivity index (χ1n) is 15.0. The first kappa shape index (κ1) is 30.4. The molecule has 3 aliphatic rings. The number of benzene rings is 2. The van der Waals surface area contributed by atoms with Crippen molar-refractivity contribution in [2.24, 2.45) is 23.7 Å². The Labute approximate surface area is 254 Å². The van der Waals surface area contributed by atoms with Crippen molar-refractivity contribution in [1.29, 1.82) is 5.26 Å². The van der Waals surface area contributed by atoms with E-state index in [9.17, 15) is 18.5 Å². The molecule has 2 bridgehead atoms. The van der Waals surface area contributed by atoms with Crippen LogP contribution in [0.2, 0.25) is 5.02 Å². The van der Waals surface area contributed by atoms with Gasteiger partial charge in [0.05, 0.1) is 17.0 Å². The third kappa shape index (κ3) is 6.95. The number of rotatable bonds is 1. The van der Waals surface area contributed by atoms with Crippen molar-refractivity contribution < 1.29 is 17.9 Å². The van der Waals surface area contributed by atoms with Crippen LogP contribution in [0.5, 0.6) is 5.75 Å². The minimum atomic E-state index is -3.94. The number of amides is 1. The number of carbonyl (C=O) groups excluding carboxylic acids is 1. The fourth-order valence-electron chi connectivity index (χ4n) is 6.34. The van der Waals surface area contributed by atoms with Gasteiger partial charge in [-0.05, 0) is 111 Å². The summed E-state index contributed by atoms with van der Waals surface area (Å²) in [5.41, 5.74) is 3.36. The lowest BCUT2D eigenvalue weighted by molar-refractivity contribution is 0.0980. The first-order chi connectivity index (χ1) is 20.1. The Morgan fingerprint density at radius 3 is 2.69 bits per heavy atom. The molecule has 1 amide bonds. The Morgan fingerprint density at radius 1 is 1.10 bits per heavy atom. The largest absolute Gasteiger partial charge is 0.487 e. The van der Waals surface area contributed by atoms with E-state index < -0.39 is 21.2 Å². The van der Waals surface area contributed by atoms with Crippen molar-refractivity contribution in [2.75, 3.05) is 18.0 Å². The van der Waals surface area contributed by atoms with Crippen molar-refractivity contribution >= 4 is 33.2 Å².